The van der Waals surface area contributed by atoms with Crippen LogP contribution in [0.4, 0.5) is 0 Å². The van der Waals surface area contributed by atoms with Gasteiger partial charge in [-0.25, -0.2) is 4.79 Å². The minimum atomic E-state index is -0.310. The van der Waals surface area contributed by atoms with Gasteiger partial charge in [-0.2, -0.15) is 0 Å². The van der Waals surface area contributed by atoms with Crippen molar-refractivity contribution in [2.24, 2.45) is 0 Å². The van der Waals surface area contributed by atoms with Crippen LogP contribution >= 0.6 is 0 Å². The molecule has 0 aromatic heterocycles. The molecule has 0 fully saturated rings. The smallest absolute Gasteiger partial charge is 0.330 e. The Hall–Kier alpha value is -1.05. The Morgan fingerprint density at radius 2 is 2.10 bits per heavy atom. The van der Waals surface area contributed by atoms with Gasteiger partial charge in [0.2, 0.25) is 0 Å². The Balaban J connectivity index is 4.02. The minimum absolute atomic E-state index is 0.310. The summed E-state index contributed by atoms with van der Waals surface area (Å²) in [5.41, 5.74) is 0.898. The maximum atomic E-state index is 10.6. The molecule has 2 heteroatoms. The van der Waals surface area contributed by atoms with Crippen LogP contribution in [0.25, 0.3) is 0 Å². The van der Waals surface area contributed by atoms with Crippen molar-refractivity contribution in [1.82, 2.24) is 0 Å². The molecule has 0 saturated carbocycles. The SMILES string of the molecule is CC=CC(C)=CC(=O)OC. The fraction of sp³-hybridized carbons (Fsp3) is 0.375. The number of ether oxygens (including phenoxy) is 1. The van der Waals surface area contributed by atoms with Gasteiger partial charge in [0.25, 0.3) is 0 Å². The number of methoxy groups -OCH3 is 1. The van der Waals surface area contributed by atoms with Crippen molar-refractivity contribution in [1.29, 1.82) is 0 Å². The second kappa shape index (κ2) is 4.79. The fourth-order valence-electron chi connectivity index (χ4n) is 0.556. The molecule has 0 bridgehead atoms. The van der Waals surface area contributed by atoms with Gasteiger partial charge in [-0.1, -0.05) is 12.2 Å². The molecule has 0 aromatic carbocycles. The van der Waals surface area contributed by atoms with E-state index < -0.39 is 0 Å². The first-order valence-electron chi connectivity index (χ1n) is 3.09. The van der Waals surface area contributed by atoms with Gasteiger partial charge in [0.05, 0.1) is 7.11 Å². The summed E-state index contributed by atoms with van der Waals surface area (Å²) in [4.78, 5) is 10.6. The molecule has 0 N–H and O–H groups in total. The highest BCUT2D eigenvalue weighted by atomic mass is 16.5. The standard InChI is InChI=1S/C8H12O2/c1-4-5-7(2)6-8(9)10-3/h4-6H,1-3H3. The lowest BCUT2D eigenvalue weighted by Crippen LogP contribution is -1.94. The first kappa shape index (κ1) is 8.95. The molecule has 0 unspecified atom stereocenters. The molecule has 0 saturated heterocycles. The Bertz CT molecular complexity index is 166. The number of hydrogen-bond donors (Lipinski definition) is 0. The molecule has 0 spiro atoms. The molecule has 0 aliphatic rings. The zero-order valence-corrected chi connectivity index (χ0v) is 6.55. The largest absolute Gasteiger partial charge is 0.466 e. The predicted octanol–water partition coefficient (Wildman–Crippen LogP) is 1.68. The summed E-state index contributed by atoms with van der Waals surface area (Å²) < 4.78 is 4.42. The third kappa shape index (κ3) is 3.89. The summed E-state index contributed by atoms with van der Waals surface area (Å²) in [6, 6.07) is 0. The van der Waals surface area contributed by atoms with Gasteiger partial charge in [-0.15, -0.1) is 0 Å². The number of esters is 1. The van der Waals surface area contributed by atoms with Gasteiger partial charge in [-0.05, 0) is 19.4 Å². The van der Waals surface area contributed by atoms with Crippen LogP contribution < -0.4 is 0 Å². The monoisotopic (exact) mass is 140 g/mol. The van der Waals surface area contributed by atoms with E-state index in [1.165, 1.54) is 13.2 Å². The van der Waals surface area contributed by atoms with Gasteiger partial charge in [0.15, 0.2) is 0 Å². The van der Waals surface area contributed by atoms with Crippen LogP contribution in [0, 0.1) is 0 Å². The number of carbonyl (C=O) groups is 1. The zero-order chi connectivity index (χ0) is 7.98. The third-order valence-electron chi connectivity index (χ3n) is 0.976. The highest BCUT2D eigenvalue weighted by molar-refractivity contribution is 5.83. The number of rotatable bonds is 2. The van der Waals surface area contributed by atoms with E-state index in [2.05, 4.69) is 4.74 Å². The van der Waals surface area contributed by atoms with Crippen LogP contribution in [0.1, 0.15) is 13.8 Å². The lowest BCUT2D eigenvalue weighted by Gasteiger charge is -1.91. The van der Waals surface area contributed by atoms with Crippen molar-refractivity contribution in [3.63, 3.8) is 0 Å². The molecule has 0 heterocycles. The summed E-state index contributed by atoms with van der Waals surface area (Å²) in [7, 11) is 1.36. The Labute approximate surface area is 61.2 Å². The van der Waals surface area contributed by atoms with Crippen molar-refractivity contribution in [2.75, 3.05) is 7.11 Å². The fourth-order valence-corrected chi connectivity index (χ4v) is 0.556. The Kier molecular flexibility index (Phi) is 4.29. The lowest BCUT2D eigenvalue weighted by atomic mass is 10.2. The number of carbonyl (C=O) groups excluding carboxylic acids is 1. The first-order chi connectivity index (χ1) is 4.70. The molecule has 0 aromatic rings. The van der Waals surface area contributed by atoms with Crippen molar-refractivity contribution < 1.29 is 9.53 Å². The van der Waals surface area contributed by atoms with E-state index in [0.717, 1.165) is 5.57 Å². The molecule has 0 amide bonds. The zero-order valence-electron chi connectivity index (χ0n) is 6.55. The molecular formula is C8H12O2. The molecule has 0 atom stereocenters. The van der Waals surface area contributed by atoms with E-state index in [9.17, 15) is 4.79 Å². The molecule has 0 aliphatic carbocycles. The van der Waals surface area contributed by atoms with Gasteiger partial charge < -0.3 is 4.74 Å². The normalized spacial score (nSPS) is 12.1. The molecule has 56 valence electrons. The van der Waals surface area contributed by atoms with Crippen molar-refractivity contribution in [3.05, 3.63) is 23.8 Å². The van der Waals surface area contributed by atoms with E-state index in [1.807, 2.05) is 26.0 Å². The topological polar surface area (TPSA) is 26.3 Å². The average Bonchev–Trinajstić information content (AvgIpc) is 1.88. The van der Waals surface area contributed by atoms with Gasteiger partial charge in [0, 0.05) is 6.08 Å². The highest BCUT2D eigenvalue weighted by Gasteiger charge is 1.91. The first-order valence-corrected chi connectivity index (χ1v) is 3.09. The summed E-state index contributed by atoms with van der Waals surface area (Å²) in [6.07, 6.45) is 5.16. The Morgan fingerprint density at radius 3 is 2.50 bits per heavy atom. The molecule has 0 rings (SSSR count). The second-order valence-electron chi connectivity index (χ2n) is 1.91. The van der Waals surface area contributed by atoms with E-state index >= 15 is 0 Å². The van der Waals surface area contributed by atoms with Crippen LogP contribution in [0.3, 0.4) is 0 Å². The summed E-state index contributed by atoms with van der Waals surface area (Å²) in [5, 5.41) is 0. The summed E-state index contributed by atoms with van der Waals surface area (Å²) in [6.45, 7) is 3.74. The number of hydrogen-bond acceptors (Lipinski definition) is 2. The molecule has 2 nitrogen and oxygen atoms in total. The molecular weight excluding hydrogens is 128 g/mol. The van der Waals surface area contributed by atoms with Gasteiger partial charge in [0.1, 0.15) is 0 Å². The van der Waals surface area contributed by atoms with Crippen molar-refractivity contribution in [3.8, 4) is 0 Å². The van der Waals surface area contributed by atoms with Crippen molar-refractivity contribution >= 4 is 5.97 Å². The maximum absolute atomic E-state index is 10.6. The molecule has 0 aliphatic heterocycles. The van der Waals surface area contributed by atoms with Crippen LogP contribution in [0.5, 0.6) is 0 Å². The van der Waals surface area contributed by atoms with E-state index in [-0.39, 0.29) is 5.97 Å². The Morgan fingerprint density at radius 1 is 1.50 bits per heavy atom. The van der Waals surface area contributed by atoms with Crippen LogP contribution in [-0.2, 0) is 9.53 Å². The lowest BCUT2D eigenvalue weighted by molar-refractivity contribution is -0.134. The van der Waals surface area contributed by atoms with Gasteiger partial charge in [-0.3, -0.25) is 0 Å². The van der Waals surface area contributed by atoms with Gasteiger partial charge >= 0.3 is 5.97 Å². The van der Waals surface area contributed by atoms with E-state index in [1.54, 1.807) is 0 Å². The quantitative estimate of drug-likeness (QED) is 0.331. The summed E-state index contributed by atoms with van der Waals surface area (Å²) >= 11 is 0. The summed E-state index contributed by atoms with van der Waals surface area (Å²) in [5.74, 6) is -0.310. The highest BCUT2D eigenvalue weighted by Crippen LogP contribution is 1.94. The van der Waals surface area contributed by atoms with Crippen LogP contribution in [0.2, 0.25) is 0 Å². The molecule has 0 radical (unpaired) electrons. The van der Waals surface area contributed by atoms with Crippen LogP contribution in [0.15, 0.2) is 23.8 Å². The third-order valence-corrected chi connectivity index (χ3v) is 0.976. The maximum Gasteiger partial charge on any atom is 0.330 e. The molecule has 10 heavy (non-hydrogen) atoms. The van der Waals surface area contributed by atoms with E-state index in [4.69, 9.17) is 0 Å². The average molecular weight is 140 g/mol. The van der Waals surface area contributed by atoms with Crippen LogP contribution in [-0.4, -0.2) is 13.1 Å². The van der Waals surface area contributed by atoms with Crippen molar-refractivity contribution in [2.45, 2.75) is 13.8 Å². The minimum Gasteiger partial charge on any atom is -0.466 e. The van der Waals surface area contributed by atoms with E-state index in [0.29, 0.717) is 0 Å². The second-order valence-corrected chi connectivity index (χ2v) is 1.91. The number of allylic oxidation sites excluding steroid dienone is 3. The predicted molar refractivity (Wildman–Crippen MR) is 40.6 cm³/mol.